The first-order chi connectivity index (χ1) is 7.10. The summed E-state index contributed by atoms with van der Waals surface area (Å²) in [5.41, 5.74) is 6.00. The fourth-order valence-corrected chi connectivity index (χ4v) is 2.38. The van der Waals surface area contributed by atoms with E-state index < -0.39 is 5.97 Å². The van der Waals surface area contributed by atoms with Gasteiger partial charge in [-0.25, -0.2) is 0 Å². The lowest BCUT2D eigenvalue weighted by atomic mass is 9.89. The van der Waals surface area contributed by atoms with Gasteiger partial charge in [0.2, 0.25) is 0 Å². The maximum Gasteiger partial charge on any atom is 0.320 e. The highest BCUT2D eigenvalue weighted by Gasteiger charge is 2.31. The smallest absolute Gasteiger partial charge is 0.320 e. The van der Waals surface area contributed by atoms with Crippen LogP contribution in [0.2, 0.25) is 0 Å². The second-order valence-corrected chi connectivity index (χ2v) is 4.38. The van der Waals surface area contributed by atoms with Gasteiger partial charge in [0, 0.05) is 19.1 Å². The monoisotopic (exact) mass is 214 g/mol. The van der Waals surface area contributed by atoms with Crippen LogP contribution in [0, 0.1) is 5.92 Å². The number of hydrogen-bond acceptors (Lipinski definition) is 3. The number of hydrogen-bond donors (Lipinski definition) is 2. The highest BCUT2D eigenvalue weighted by molar-refractivity contribution is 5.73. The molecule has 88 valence electrons. The molecule has 4 heteroatoms. The van der Waals surface area contributed by atoms with E-state index in [1.165, 1.54) is 0 Å². The van der Waals surface area contributed by atoms with Gasteiger partial charge < -0.3 is 10.8 Å². The minimum Gasteiger partial charge on any atom is -0.480 e. The molecule has 0 spiro atoms. The van der Waals surface area contributed by atoms with Gasteiger partial charge in [0.1, 0.15) is 6.04 Å². The van der Waals surface area contributed by atoms with Crippen LogP contribution in [-0.2, 0) is 4.79 Å². The quantitative estimate of drug-likeness (QED) is 0.730. The molecule has 3 N–H and O–H groups in total. The molecule has 0 aromatic rings. The molecule has 1 aliphatic rings. The molecule has 1 heterocycles. The van der Waals surface area contributed by atoms with Crippen molar-refractivity contribution in [3.8, 4) is 0 Å². The maximum atomic E-state index is 11.0. The number of carbonyl (C=O) groups is 1. The molecule has 0 bridgehead atoms. The molecule has 3 unspecified atom stereocenters. The number of nitrogens with zero attached hydrogens (tertiary/aromatic N) is 1. The van der Waals surface area contributed by atoms with Crippen LogP contribution in [0.1, 0.15) is 33.1 Å². The number of rotatable bonds is 4. The molecule has 1 fully saturated rings. The summed E-state index contributed by atoms with van der Waals surface area (Å²) in [6.07, 6.45) is 2.62. The summed E-state index contributed by atoms with van der Waals surface area (Å²) in [5, 5.41) is 9.08. The Morgan fingerprint density at radius 2 is 2.27 bits per heavy atom. The summed E-state index contributed by atoms with van der Waals surface area (Å²) in [6.45, 7) is 5.70. The van der Waals surface area contributed by atoms with Crippen molar-refractivity contribution in [2.75, 3.05) is 13.1 Å². The summed E-state index contributed by atoms with van der Waals surface area (Å²) < 4.78 is 0. The van der Waals surface area contributed by atoms with Gasteiger partial charge in [-0.3, -0.25) is 9.69 Å². The normalized spacial score (nSPS) is 30.1. The number of aliphatic carboxylic acids is 1. The predicted molar refractivity (Wildman–Crippen MR) is 59.7 cm³/mol. The zero-order valence-electron chi connectivity index (χ0n) is 9.65. The van der Waals surface area contributed by atoms with Gasteiger partial charge in [0.15, 0.2) is 0 Å². The van der Waals surface area contributed by atoms with E-state index in [9.17, 15) is 4.79 Å². The Hall–Kier alpha value is -0.610. The van der Waals surface area contributed by atoms with Crippen molar-refractivity contribution in [3.63, 3.8) is 0 Å². The third-order valence-corrected chi connectivity index (χ3v) is 3.46. The van der Waals surface area contributed by atoms with Crippen LogP contribution in [0.3, 0.4) is 0 Å². The first kappa shape index (κ1) is 12.5. The molecule has 0 aromatic heterocycles. The number of nitrogens with two attached hydrogens (primary N) is 1. The largest absolute Gasteiger partial charge is 0.480 e. The number of likely N-dealkylation sites (tertiary alicyclic amines) is 1. The highest BCUT2D eigenvalue weighted by atomic mass is 16.4. The third kappa shape index (κ3) is 2.92. The van der Waals surface area contributed by atoms with Crippen LogP contribution in [0.25, 0.3) is 0 Å². The zero-order valence-corrected chi connectivity index (χ0v) is 9.65. The lowest BCUT2D eigenvalue weighted by Gasteiger charge is -2.39. The van der Waals surface area contributed by atoms with Crippen LogP contribution < -0.4 is 5.73 Å². The molecule has 4 nitrogen and oxygen atoms in total. The van der Waals surface area contributed by atoms with Crippen molar-refractivity contribution in [2.45, 2.75) is 45.2 Å². The van der Waals surface area contributed by atoms with Crippen LogP contribution in [0.5, 0.6) is 0 Å². The molecule has 1 aliphatic heterocycles. The highest BCUT2D eigenvalue weighted by Crippen LogP contribution is 2.21. The van der Waals surface area contributed by atoms with Crippen LogP contribution in [-0.4, -0.2) is 41.1 Å². The fraction of sp³-hybridized carbons (Fsp3) is 0.909. The summed E-state index contributed by atoms with van der Waals surface area (Å²) in [6, 6.07) is -0.0795. The molecule has 0 radical (unpaired) electrons. The Kier molecular flexibility index (Phi) is 4.54. The van der Waals surface area contributed by atoms with E-state index in [0.29, 0.717) is 12.3 Å². The van der Waals surface area contributed by atoms with E-state index in [4.69, 9.17) is 10.8 Å². The van der Waals surface area contributed by atoms with E-state index in [2.05, 4.69) is 11.8 Å². The zero-order chi connectivity index (χ0) is 11.4. The second kappa shape index (κ2) is 5.47. The van der Waals surface area contributed by atoms with Crippen molar-refractivity contribution in [3.05, 3.63) is 0 Å². The maximum absolute atomic E-state index is 11.0. The van der Waals surface area contributed by atoms with Crippen molar-refractivity contribution < 1.29 is 9.90 Å². The minimum absolute atomic E-state index is 0.248. The fourth-order valence-electron chi connectivity index (χ4n) is 2.38. The lowest BCUT2D eigenvalue weighted by Crippen LogP contribution is -2.52. The number of carboxylic acids is 1. The van der Waals surface area contributed by atoms with E-state index in [1.807, 2.05) is 6.92 Å². The van der Waals surface area contributed by atoms with Gasteiger partial charge in [-0.15, -0.1) is 0 Å². The van der Waals surface area contributed by atoms with Crippen LogP contribution in [0.15, 0.2) is 0 Å². The topological polar surface area (TPSA) is 66.6 Å². The first-order valence-electron chi connectivity index (χ1n) is 5.82. The lowest BCUT2D eigenvalue weighted by molar-refractivity contribution is -0.144. The van der Waals surface area contributed by atoms with E-state index in [1.54, 1.807) is 0 Å². The summed E-state index contributed by atoms with van der Waals surface area (Å²) in [5.74, 6) is -0.255. The molecule has 1 saturated heterocycles. The van der Waals surface area contributed by atoms with Crippen molar-refractivity contribution in [1.29, 1.82) is 0 Å². The molecule has 0 saturated carbocycles. The van der Waals surface area contributed by atoms with Crippen LogP contribution >= 0.6 is 0 Å². The average molecular weight is 214 g/mol. The van der Waals surface area contributed by atoms with Crippen molar-refractivity contribution in [2.24, 2.45) is 11.7 Å². The SMILES string of the molecule is CCC1CN(C(CC)C(=O)O)CCC1N. The third-order valence-electron chi connectivity index (χ3n) is 3.46. The average Bonchev–Trinajstić information content (AvgIpc) is 2.21. The molecule has 0 amide bonds. The molecule has 1 rings (SSSR count). The Morgan fingerprint density at radius 1 is 1.60 bits per heavy atom. The molecule has 3 atom stereocenters. The standard InChI is InChI=1S/C11H22N2O2/c1-3-8-7-13(6-5-9(8)12)10(4-2)11(14)15/h8-10H,3-7,12H2,1-2H3,(H,14,15). The summed E-state index contributed by atoms with van der Waals surface area (Å²) >= 11 is 0. The molecule has 15 heavy (non-hydrogen) atoms. The summed E-state index contributed by atoms with van der Waals surface area (Å²) in [4.78, 5) is 13.1. The molecular weight excluding hydrogens is 192 g/mol. The molecular formula is C11H22N2O2. The molecule has 0 aromatic carbocycles. The Labute approximate surface area is 91.4 Å². The Bertz CT molecular complexity index is 221. The van der Waals surface area contributed by atoms with Gasteiger partial charge >= 0.3 is 5.97 Å². The van der Waals surface area contributed by atoms with E-state index in [0.717, 1.165) is 25.9 Å². The second-order valence-electron chi connectivity index (χ2n) is 4.38. The van der Waals surface area contributed by atoms with Gasteiger partial charge in [-0.2, -0.15) is 0 Å². The van der Waals surface area contributed by atoms with E-state index in [-0.39, 0.29) is 12.1 Å². The van der Waals surface area contributed by atoms with Gasteiger partial charge in [0.25, 0.3) is 0 Å². The van der Waals surface area contributed by atoms with Gasteiger partial charge in [0.05, 0.1) is 0 Å². The van der Waals surface area contributed by atoms with Crippen molar-refractivity contribution >= 4 is 5.97 Å². The summed E-state index contributed by atoms with van der Waals surface area (Å²) in [7, 11) is 0. The number of piperidine rings is 1. The Morgan fingerprint density at radius 3 is 2.73 bits per heavy atom. The minimum atomic E-state index is -0.706. The van der Waals surface area contributed by atoms with Gasteiger partial charge in [-0.1, -0.05) is 20.3 Å². The van der Waals surface area contributed by atoms with Crippen LogP contribution in [0.4, 0.5) is 0 Å². The van der Waals surface area contributed by atoms with Gasteiger partial charge in [-0.05, 0) is 18.8 Å². The first-order valence-corrected chi connectivity index (χ1v) is 5.82. The van der Waals surface area contributed by atoms with E-state index >= 15 is 0 Å². The number of carboxylic acid groups (broad SMARTS) is 1. The molecule has 0 aliphatic carbocycles. The van der Waals surface area contributed by atoms with Crippen molar-refractivity contribution in [1.82, 2.24) is 4.90 Å². The Balaban J connectivity index is 2.60. The predicted octanol–water partition coefficient (Wildman–Crippen LogP) is 0.909.